The van der Waals surface area contributed by atoms with E-state index in [1.165, 1.54) is 5.56 Å². The van der Waals surface area contributed by atoms with Crippen molar-refractivity contribution in [2.45, 2.75) is 33.2 Å². The van der Waals surface area contributed by atoms with E-state index in [0.717, 1.165) is 11.3 Å². The van der Waals surface area contributed by atoms with E-state index in [-0.39, 0.29) is 17.9 Å². The molecule has 2 rings (SSSR count). The van der Waals surface area contributed by atoms with Crippen molar-refractivity contribution in [2.75, 3.05) is 18.5 Å². The quantitative estimate of drug-likeness (QED) is 0.723. The largest absolute Gasteiger partial charge is 0.396 e. The zero-order valence-corrected chi connectivity index (χ0v) is 15.5. The normalized spacial score (nSPS) is 13.8. The van der Waals surface area contributed by atoms with E-state index in [1.807, 2.05) is 82.3 Å². The molecule has 134 valence electrons. The first-order chi connectivity index (χ1) is 11.8. The summed E-state index contributed by atoms with van der Waals surface area (Å²) in [7, 11) is 0. The van der Waals surface area contributed by atoms with Crippen molar-refractivity contribution in [3.8, 4) is 0 Å². The van der Waals surface area contributed by atoms with Crippen molar-refractivity contribution in [3.05, 3.63) is 65.7 Å². The summed E-state index contributed by atoms with van der Waals surface area (Å²) in [6, 6.07) is 17.6. The maximum atomic E-state index is 13.0. The Balaban J connectivity index is 2.29. The number of amides is 1. The molecular weight excluding hydrogens is 312 g/mol. The first-order valence-electron chi connectivity index (χ1n) is 8.56. The Bertz CT molecular complexity index is 696. The Kier molecular flexibility index (Phi) is 5.85. The van der Waals surface area contributed by atoms with Crippen molar-refractivity contribution in [1.29, 1.82) is 0 Å². The minimum Gasteiger partial charge on any atom is -0.396 e. The van der Waals surface area contributed by atoms with Crippen LogP contribution >= 0.6 is 0 Å². The molecule has 1 atom stereocenters. The van der Waals surface area contributed by atoms with Gasteiger partial charge in [0.05, 0.1) is 0 Å². The van der Waals surface area contributed by atoms with Gasteiger partial charge in [-0.1, -0.05) is 61.9 Å². The number of hydrogen-bond acceptors (Lipinski definition) is 3. The van der Waals surface area contributed by atoms with Gasteiger partial charge < -0.3 is 15.7 Å². The van der Waals surface area contributed by atoms with Crippen LogP contribution in [0.25, 0.3) is 0 Å². The Hall–Kier alpha value is -2.33. The molecule has 0 radical (unpaired) electrons. The van der Waals surface area contributed by atoms with Crippen LogP contribution in [0.5, 0.6) is 0 Å². The molecule has 0 saturated carbocycles. The molecule has 0 unspecified atom stereocenters. The summed E-state index contributed by atoms with van der Waals surface area (Å²) in [4.78, 5) is 13.0. The number of aliphatic hydroxyl groups excluding tert-OH is 1. The molecule has 0 spiro atoms. The molecule has 0 aliphatic carbocycles. The second kappa shape index (κ2) is 7.70. The van der Waals surface area contributed by atoms with Gasteiger partial charge in [0, 0.05) is 24.3 Å². The van der Waals surface area contributed by atoms with Gasteiger partial charge in [-0.25, -0.2) is 0 Å². The summed E-state index contributed by atoms with van der Waals surface area (Å²) in [5.74, 6) is -0.124. The fraction of sp³-hybridized carbons (Fsp3) is 0.381. The van der Waals surface area contributed by atoms with Gasteiger partial charge in [-0.05, 0) is 31.5 Å². The Morgan fingerprint density at radius 2 is 1.60 bits per heavy atom. The van der Waals surface area contributed by atoms with E-state index >= 15 is 0 Å². The number of anilines is 1. The van der Waals surface area contributed by atoms with Crippen LogP contribution in [-0.4, -0.2) is 24.2 Å². The van der Waals surface area contributed by atoms with Gasteiger partial charge in [0.15, 0.2) is 0 Å². The van der Waals surface area contributed by atoms with E-state index in [0.29, 0.717) is 6.54 Å². The molecule has 25 heavy (non-hydrogen) atoms. The van der Waals surface area contributed by atoms with Crippen LogP contribution in [0, 0.1) is 12.3 Å². The predicted octanol–water partition coefficient (Wildman–Crippen LogP) is 3.46. The Labute approximate surface area is 150 Å². The fourth-order valence-corrected chi connectivity index (χ4v) is 2.51. The second-order valence-corrected chi connectivity index (χ2v) is 7.49. The van der Waals surface area contributed by atoms with Gasteiger partial charge in [-0.3, -0.25) is 4.79 Å². The van der Waals surface area contributed by atoms with Gasteiger partial charge in [0.1, 0.15) is 5.54 Å². The van der Waals surface area contributed by atoms with Crippen molar-refractivity contribution in [1.82, 2.24) is 5.32 Å². The van der Waals surface area contributed by atoms with E-state index in [4.69, 9.17) is 0 Å². The summed E-state index contributed by atoms with van der Waals surface area (Å²) >= 11 is 0. The zero-order valence-electron chi connectivity index (χ0n) is 15.5. The maximum Gasteiger partial charge on any atom is 0.250 e. The standard InChI is InChI=1S/C21H28N2O2/c1-16-10-12-18(13-11-16)23-21(4,17-8-6-5-7-9-17)19(25)22-14-20(2,3)15-24/h5-13,23-24H,14-15H2,1-4H3,(H,22,25)/t21-/m0/s1. The predicted molar refractivity (Wildman–Crippen MR) is 102 cm³/mol. The van der Waals surface area contributed by atoms with E-state index < -0.39 is 5.54 Å². The molecule has 0 aliphatic rings. The monoisotopic (exact) mass is 340 g/mol. The second-order valence-electron chi connectivity index (χ2n) is 7.49. The van der Waals surface area contributed by atoms with Crippen LogP contribution in [0.15, 0.2) is 54.6 Å². The molecule has 2 aromatic carbocycles. The lowest BCUT2D eigenvalue weighted by Gasteiger charge is -2.33. The summed E-state index contributed by atoms with van der Waals surface area (Å²) in [5, 5.41) is 15.8. The highest BCUT2D eigenvalue weighted by Gasteiger charge is 2.35. The molecule has 3 N–H and O–H groups in total. The average Bonchev–Trinajstić information content (AvgIpc) is 2.62. The molecule has 0 heterocycles. The number of hydrogen-bond donors (Lipinski definition) is 3. The third-order valence-corrected chi connectivity index (χ3v) is 4.41. The van der Waals surface area contributed by atoms with Crippen molar-refractivity contribution < 1.29 is 9.90 Å². The van der Waals surface area contributed by atoms with Crippen LogP contribution in [0.2, 0.25) is 0 Å². The van der Waals surface area contributed by atoms with Crippen LogP contribution in [0.3, 0.4) is 0 Å². The number of rotatable bonds is 7. The van der Waals surface area contributed by atoms with Crippen molar-refractivity contribution in [2.24, 2.45) is 5.41 Å². The van der Waals surface area contributed by atoms with Gasteiger partial charge in [-0.15, -0.1) is 0 Å². The third-order valence-electron chi connectivity index (χ3n) is 4.41. The van der Waals surface area contributed by atoms with Crippen molar-refractivity contribution in [3.63, 3.8) is 0 Å². The van der Waals surface area contributed by atoms with Gasteiger partial charge in [0.25, 0.3) is 0 Å². The molecule has 0 aromatic heterocycles. The molecule has 0 fully saturated rings. The van der Waals surface area contributed by atoms with E-state index in [9.17, 15) is 9.90 Å². The smallest absolute Gasteiger partial charge is 0.250 e. The molecule has 0 saturated heterocycles. The average molecular weight is 340 g/mol. The number of nitrogens with one attached hydrogen (secondary N) is 2. The SMILES string of the molecule is Cc1ccc(N[C@](C)(C(=O)NCC(C)(C)CO)c2ccccc2)cc1. The van der Waals surface area contributed by atoms with Crippen LogP contribution in [-0.2, 0) is 10.3 Å². The minimum atomic E-state index is -0.915. The number of carbonyl (C=O) groups is 1. The number of benzene rings is 2. The lowest BCUT2D eigenvalue weighted by Crippen LogP contribution is -2.50. The zero-order chi connectivity index (χ0) is 18.5. The van der Waals surface area contributed by atoms with Crippen LogP contribution in [0.4, 0.5) is 5.69 Å². The topological polar surface area (TPSA) is 61.4 Å². The number of carbonyl (C=O) groups excluding carboxylic acids is 1. The highest BCUT2D eigenvalue weighted by Crippen LogP contribution is 2.27. The molecule has 4 nitrogen and oxygen atoms in total. The maximum absolute atomic E-state index is 13.0. The molecule has 0 bridgehead atoms. The first kappa shape index (κ1) is 19.0. The summed E-state index contributed by atoms with van der Waals surface area (Å²) in [6.45, 7) is 8.16. The summed E-state index contributed by atoms with van der Waals surface area (Å²) in [6.07, 6.45) is 0. The summed E-state index contributed by atoms with van der Waals surface area (Å²) in [5.41, 5.74) is 1.66. The van der Waals surface area contributed by atoms with Gasteiger partial charge in [-0.2, -0.15) is 0 Å². The number of aryl methyl sites for hydroxylation is 1. The van der Waals surface area contributed by atoms with Crippen molar-refractivity contribution >= 4 is 11.6 Å². The van der Waals surface area contributed by atoms with E-state index in [1.54, 1.807) is 0 Å². The summed E-state index contributed by atoms with van der Waals surface area (Å²) < 4.78 is 0. The molecular formula is C21H28N2O2. The van der Waals surface area contributed by atoms with Crippen LogP contribution < -0.4 is 10.6 Å². The highest BCUT2D eigenvalue weighted by atomic mass is 16.3. The Morgan fingerprint density at radius 3 is 2.16 bits per heavy atom. The number of aliphatic hydroxyl groups is 1. The minimum absolute atomic E-state index is 0.0146. The van der Waals surface area contributed by atoms with E-state index in [2.05, 4.69) is 10.6 Å². The molecule has 1 amide bonds. The molecule has 4 heteroatoms. The lowest BCUT2D eigenvalue weighted by molar-refractivity contribution is -0.125. The third kappa shape index (κ3) is 4.83. The fourth-order valence-electron chi connectivity index (χ4n) is 2.51. The Morgan fingerprint density at radius 1 is 1.00 bits per heavy atom. The highest BCUT2D eigenvalue weighted by molar-refractivity contribution is 5.90. The van der Waals surface area contributed by atoms with Crippen LogP contribution in [0.1, 0.15) is 31.9 Å². The molecule has 0 aliphatic heterocycles. The lowest BCUT2D eigenvalue weighted by atomic mass is 9.89. The van der Waals surface area contributed by atoms with Gasteiger partial charge >= 0.3 is 0 Å². The molecule has 2 aromatic rings. The first-order valence-corrected chi connectivity index (χ1v) is 8.56. The van der Waals surface area contributed by atoms with Gasteiger partial charge in [0.2, 0.25) is 5.91 Å².